The molecular formula is C19H25NO4. The second-order valence-corrected chi connectivity index (χ2v) is 6.30. The van der Waals surface area contributed by atoms with Crippen molar-refractivity contribution >= 4 is 11.9 Å². The molecule has 0 spiro atoms. The Kier molecular flexibility index (Phi) is 6.41. The molecule has 1 aromatic rings. The van der Waals surface area contributed by atoms with Gasteiger partial charge in [-0.2, -0.15) is 0 Å². The molecule has 1 aliphatic rings. The summed E-state index contributed by atoms with van der Waals surface area (Å²) in [6, 6.07) is 7.50. The minimum absolute atomic E-state index is 0.108. The fraction of sp³-hybridized carbons (Fsp3) is 0.474. The highest BCUT2D eigenvalue weighted by Crippen LogP contribution is 2.44. The van der Waals surface area contributed by atoms with Crippen LogP contribution in [0, 0.1) is 5.41 Å². The molecule has 0 saturated heterocycles. The molecule has 0 radical (unpaired) electrons. The minimum Gasteiger partial charge on any atom is -0.494 e. The molecule has 2 N–H and O–H groups in total. The van der Waals surface area contributed by atoms with E-state index in [4.69, 9.17) is 9.84 Å². The molecule has 0 heterocycles. The topological polar surface area (TPSA) is 75.6 Å². The van der Waals surface area contributed by atoms with E-state index >= 15 is 0 Å². The van der Waals surface area contributed by atoms with Gasteiger partial charge in [0.1, 0.15) is 5.75 Å². The lowest BCUT2D eigenvalue weighted by molar-refractivity contribution is -0.137. The van der Waals surface area contributed by atoms with E-state index in [-0.39, 0.29) is 17.7 Å². The lowest BCUT2D eigenvalue weighted by atomic mass is 9.66. The van der Waals surface area contributed by atoms with Gasteiger partial charge >= 0.3 is 5.97 Å². The van der Waals surface area contributed by atoms with Crippen molar-refractivity contribution in [1.82, 2.24) is 5.32 Å². The molecule has 0 aromatic heterocycles. The number of nitrogens with one attached hydrogen (secondary N) is 1. The zero-order valence-electron chi connectivity index (χ0n) is 13.9. The minimum atomic E-state index is -0.814. The Balaban J connectivity index is 1.76. The van der Waals surface area contributed by atoms with Gasteiger partial charge in [0, 0.05) is 13.0 Å². The van der Waals surface area contributed by atoms with Crippen LogP contribution < -0.4 is 10.1 Å². The maximum Gasteiger partial charge on any atom is 0.303 e. The van der Waals surface area contributed by atoms with Gasteiger partial charge in [0.05, 0.1) is 12.0 Å². The van der Waals surface area contributed by atoms with Gasteiger partial charge in [-0.15, -0.1) is 6.58 Å². The predicted molar refractivity (Wildman–Crippen MR) is 91.8 cm³/mol. The molecule has 1 aromatic carbocycles. The number of carboxylic acids is 1. The lowest BCUT2D eigenvalue weighted by Crippen LogP contribution is -2.45. The number of benzene rings is 1. The highest BCUT2D eigenvalue weighted by Gasteiger charge is 2.42. The fourth-order valence-electron chi connectivity index (χ4n) is 2.89. The normalized spacial score (nSPS) is 15.2. The smallest absolute Gasteiger partial charge is 0.303 e. The van der Waals surface area contributed by atoms with Crippen molar-refractivity contribution in [3.05, 3.63) is 42.5 Å². The van der Waals surface area contributed by atoms with Crippen LogP contribution in [0.2, 0.25) is 0 Å². The molecule has 0 unspecified atom stereocenters. The average Bonchev–Trinajstić information content (AvgIpc) is 2.53. The van der Waals surface area contributed by atoms with E-state index in [1.54, 1.807) is 0 Å². The summed E-state index contributed by atoms with van der Waals surface area (Å²) in [6.45, 7) is 4.63. The van der Waals surface area contributed by atoms with Crippen LogP contribution in [0.5, 0.6) is 5.75 Å². The second-order valence-electron chi connectivity index (χ2n) is 6.30. The van der Waals surface area contributed by atoms with Crippen LogP contribution in [0.4, 0.5) is 0 Å². The van der Waals surface area contributed by atoms with Gasteiger partial charge in [-0.25, -0.2) is 0 Å². The van der Waals surface area contributed by atoms with E-state index in [0.717, 1.165) is 31.2 Å². The lowest BCUT2D eigenvalue weighted by Gasteiger charge is -2.39. The third-order valence-electron chi connectivity index (χ3n) is 4.51. The molecule has 130 valence electrons. The number of aliphatic carboxylic acids is 1. The standard InChI is InChI=1S/C19H25NO4/c1-2-10-19(11-4-12-19)18(23)20-14-15-6-8-16(9-7-15)24-13-3-5-17(21)22/h2,6-9H,1,3-5,10-14H2,(H,20,23)(H,21,22). The van der Waals surface area contributed by atoms with Gasteiger partial charge in [0.25, 0.3) is 0 Å². The Bertz CT molecular complexity index is 576. The zero-order chi connectivity index (χ0) is 17.4. The largest absolute Gasteiger partial charge is 0.494 e. The third-order valence-corrected chi connectivity index (χ3v) is 4.51. The number of carbonyl (C=O) groups excluding carboxylic acids is 1. The Morgan fingerprint density at radius 1 is 1.29 bits per heavy atom. The average molecular weight is 331 g/mol. The van der Waals surface area contributed by atoms with Crippen LogP contribution in [0.3, 0.4) is 0 Å². The molecule has 0 atom stereocenters. The maximum atomic E-state index is 12.4. The van der Waals surface area contributed by atoms with Crippen LogP contribution in [-0.2, 0) is 16.1 Å². The van der Waals surface area contributed by atoms with E-state index in [1.807, 2.05) is 30.3 Å². The Hall–Kier alpha value is -2.30. The van der Waals surface area contributed by atoms with Crippen molar-refractivity contribution in [2.24, 2.45) is 5.41 Å². The van der Waals surface area contributed by atoms with Crippen LogP contribution in [-0.4, -0.2) is 23.6 Å². The van der Waals surface area contributed by atoms with Crippen LogP contribution in [0.15, 0.2) is 36.9 Å². The molecule has 24 heavy (non-hydrogen) atoms. The Morgan fingerprint density at radius 2 is 2.00 bits per heavy atom. The number of carboxylic acid groups (broad SMARTS) is 1. The first kappa shape index (κ1) is 18.0. The number of hydrogen-bond acceptors (Lipinski definition) is 3. The van der Waals surface area contributed by atoms with Gasteiger partial charge in [-0.3, -0.25) is 9.59 Å². The monoisotopic (exact) mass is 331 g/mol. The molecule has 1 saturated carbocycles. The van der Waals surface area contributed by atoms with Crippen molar-refractivity contribution in [3.8, 4) is 5.75 Å². The van der Waals surface area contributed by atoms with Gasteiger partial charge in [0.2, 0.25) is 5.91 Å². The maximum absolute atomic E-state index is 12.4. The summed E-state index contributed by atoms with van der Waals surface area (Å²) in [6.07, 6.45) is 6.14. The Morgan fingerprint density at radius 3 is 2.54 bits per heavy atom. The van der Waals surface area contributed by atoms with E-state index in [2.05, 4.69) is 11.9 Å². The molecule has 5 heteroatoms. The van der Waals surface area contributed by atoms with Crippen molar-refractivity contribution in [2.75, 3.05) is 6.61 Å². The first-order valence-corrected chi connectivity index (χ1v) is 8.38. The van der Waals surface area contributed by atoms with Crippen molar-refractivity contribution in [1.29, 1.82) is 0 Å². The molecule has 1 fully saturated rings. The van der Waals surface area contributed by atoms with Crippen molar-refractivity contribution in [3.63, 3.8) is 0 Å². The number of hydrogen-bond donors (Lipinski definition) is 2. The molecule has 1 aliphatic carbocycles. The van der Waals surface area contributed by atoms with Gasteiger partial charge < -0.3 is 15.2 Å². The summed E-state index contributed by atoms with van der Waals surface area (Å²) in [7, 11) is 0. The Labute approximate surface area is 142 Å². The van der Waals surface area contributed by atoms with Crippen LogP contribution in [0.25, 0.3) is 0 Å². The number of ether oxygens (including phenoxy) is 1. The van der Waals surface area contributed by atoms with Crippen molar-refractivity contribution in [2.45, 2.75) is 45.1 Å². The fourth-order valence-corrected chi connectivity index (χ4v) is 2.89. The van der Waals surface area contributed by atoms with Gasteiger partial charge in [0.15, 0.2) is 0 Å². The number of allylic oxidation sites excluding steroid dienone is 1. The summed E-state index contributed by atoms with van der Waals surface area (Å²) >= 11 is 0. The molecular weight excluding hydrogens is 306 g/mol. The zero-order valence-corrected chi connectivity index (χ0v) is 13.9. The summed E-state index contributed by atoms with van der Waals surface area (Å²) in [5.74, 6) is 0.00520. The predicted octanol–water partition coefficient (Wildman–Crippen LogP) is 3.29. The highest BCUT2D eigenvalue weighted by molar-refractivity contribution is 5.83. The molecule has 0 bridgehead atoms. The number of carbonyl (C=O) groups is 2. The van der Waals surface area contributed by atoms with Crippen LogP contribution in [0.1, 0.15) is 44.1 Å². The summed E-state index contributed by atoms with van der Waals surface area (Å²) in [5.41, 5.74) is 0.767. The van der Waals surface area contributed by atoms with Crippen LogP contribution >= 0.6 is 0 Å². The summed E-state index contributed by atoms with van der Waals surface area (Å²) in [5, 5.41) is 11.6. The van der Waals surface area contributed by atoms with Gasteiger partial charge in [-0.1, -0.05) is 24.6 Å². The number of rotatable bonds is 10. The quantitative estimate of drug-likeness (QED) is 0.509. The highest BCUT2D eigenvalue weighted by atomic mass is 16.5. The molecule has 5 nitrogen and oxygen atoms in total. The molecule has 0 aliphatic heterocycles. The SMILES string of the molecule is C=CCC1(C(=O)NCc2ccc(OCCCC(=O)O)cc2)CCC1. The first-order chi connectivity index (χ1) is 11.6. The summed E-state index contributed by atoms with van der Waals surface area (Å²) in [4.78, 5) is 22.8. The third kappa shape index (κ3) is 4.85. The summed E-state index contributed by atoms with van der Waals surface area (Å²) < 4.78 is 5.49. The second kappa shape index (κ2) is 8.52. The van der Waals surface area contributed by atoms with E-state index < -0.39 is 5.97 Å². The van der Waals surface area contributed by atoms with E-state index in [0.29, 0.717) is 25.3 Å². The van der Waals surface area contributed by atoms with E-state index in [1.165, 1.54) is 0 Å². The first-order valence-electron chi connectivity index (χ1n) is 8.38. The van der Waals surface area contributed by atoms with E-state index in [9.17, 15) is 9.59 Å². The molecule has 2 rings (SSSR count). The van der Waals surface area contributed by atoms with Crippen molar-refractivity contribution < 1.29 is 19.4 Å². The molecule has 1 amide bonds. The van der Waals surface area contributed by atoms with Gasteiger partial charge in [-0.05, 0) is 43.4 Å². The number of amides is 1.